The van der Waals surface area contributed by atoms with Crippen molar-refractivity contribution in [3.05, 3.63) is 28.3 Å². The van der Waals surface area contributed by atoms with E-state index >= 15 is 0 Å². The van der Waals surface area contributed by atoms with Crippen LogP contribution in [0.1, 0.15) is 11.1 Å². The summed E-state index contributed by atoms with van der Waals surface area (Å²) in [5.41, 5.74) is 6.63. The van der Waals surface area contributed by atoms with Gasteiger partial charge in [0.15, 0.2) is 0 Å². The van der Waals surface area contributed by atoms with Crippen LogP contribution in [-0.2, 0) is 6.54 Å². The number of rotatable bonds is 2. The van der Waals surface area contributed by atoms with Gasteiger partial charge in [-0.3, -0.25) is 0 Å². The number of hydrogen-bond donors (Lipinski definition) is 1. The van der Waals surface area contributed by atoms with Gasteiger partial charge in [-0.15, -0.1) is 0 Å². The topological polar surface area (TPSA) is 59.0 Å². The second-order valence-corrected chi connectivity index (χ2v) is 2.90. The molecule has 0 radical (unpaired) electrons. The lowest BCUT2D eigenvalue weighted by Gasteiger charge is -2.08. The molecule has 1 aromatic rings. The van der Waals surface area contributed by atoms with Crippen molar-refractivity contribution in [2.24, 2.45) is 5.73 Å². The van der Waals surface area contributed by atoms with Gasteiger partial charge in [-0.2, -0.15) is 5.26 Å². The summed E-state index contributed by atoms with van der Waals surface area (Å²) in [6.07, 6.45) is 0. The number of nitrogens with two attached hydrogens (primary N) is 1. The molecular weight excluding hydrogens is 188 g/mol. The second-order valence-electron chi connectivity index (χ2n) is 2.46. The zero-order valence-electron chi connectivity index (χ0n) is 7.17. The normalized spacial score (nSPS) is 9.38. The van der Waals surface area contributed by atoms with Gasteiger partial charge in [0.1, 0.15) is 11.8 Å². The summed E-state index contributed by atoms with van der Waals surface area (Å²) in [6.45, 7) is 0.304. The van der Waals surface area contributed by atoms with Crippen LogP contribution in [-0.4, -0.2) is 7.11 Å². The molecule has 0 saturated carbocycles. The van der Waals surface area contributed by atoms with Crippen LogP contribution in [0.25, 0.3) is 0 Å². The van der Waals surface area contributed by atoms with Crippen molar-refractivity contribution in [3.63, 3.8) is 0 Å². The first-order chi connectivity index (χ1) is 6.22. The van der Waals surface area contributed by atoms with Gasteiger partial charge in [-0.1, -0.05) is 11.6 Å². The highest BCUT2D eigenvalue weighted by molar-refractivity contribution is 6.30. The van der Waals surface area contributed by atoms with Crippen molar-refractivity contribution in [2.45, 2.75) is 6.54 Å². The van der Waals surface area contributed by atoms with Crippen molar-refractivity contribution in [2.75, 3.05) is 7.11 Å². The molecule has 0 atom stereocenters. The maximum Gasteiger partial charge on any atom is 0.141 e. The predicted molar refractivity (Wildman–Crippen MR) is 50.6 cm³/mol. The highest BCUT2D eigenvalue weighted by Gasteiger charge is 2.08. The van der Waals surface area contributed by atoms with Crippen LogP contribution in [0, 0.1) is 11.3 Å². The van der Waals surface area contributed by atoms with Crippen LogP contribution >= 0.6 is 11.6 Å². The summed E-state index contributed by atoms with van der Waals surface area (Å²) in [5.74, 6) is 0.509. The molecule has 2 N–H and O–H groups in total. The van der Waals surface area contributed by atoms with E-state index in [1.807, 2.05) is 6.07 Å². The van der Waals surface area contributed by atoms with E-state index in [4.69, 9.17) is 27.3 Å². The lowest BCUT2D eigenvalue weighted by molar-refractivity contribution is 0.408. The summed E-state index contributed by atoms with van der Waals surface area (Å²) in [5, 5.41) is 9.26. The zero-order valence-corrected chi connectivity index (χ0v) is 7.93. The average molecular weight is 197 g/mol. The Morgan fingerprint density at radius 1 is 1.62 bits per heavy atom. The van der Waals surface area contributed by atoms with Crippen LogP contribution in [0.2, 0.25) is 5.02 Å². The summed E-state index contributed by atoms with van der Waals surface area (Å²) >= 11 is 5.77. The van der Waals surface area contributed by atoms with Gasteiger partial charge in [0.25, 0.3) is 0 Å². The van der Waals surface area contributed by atoms with Crippen molar-refractivity contribution >= 4 is 11.6 Å². The van der Waals surface area contributed by atoms with Crippen molar-refractivity contribution < 1.29 is 4.74 Å². The molecule has 4 heteroatoms. The second kappa shape index (κ2) is 4.13. The Hall–Kier alpha value is -1.24. The SMILES string of the molecule is COc1c(C#N)cc(Cl)cc1CN. The van der Waals surface area contributed by atoms with Crippen LogP contribution in [0.4, 0.5) is 0 Å². The Kier molecular flexibility index (Phi) is 3.13. The highest BCUT2D eigenvalue weighted by atomic mass is 35.5. The molecule has 68 valence electrons. The molecular formula is C9H9ClN2O. The minimum atomic E-state index is 0.304. The van der Waals surface area contributed by atoms with E-state index in [1.54, 1.807) is 12.1 Å². The minimum absolute atomic E-state index is 0.304. The quantitative estimate of drug-likeness (QED) is 0.783. The van der Waals surface area contributed by atoms with Crippen LogP contribution < -0.4 is 10.5 Å². The Morgan fingerprint density at radius 2 is 2.31 bits per heavy atom. The third-order valence-corrected chi connectivity index (χ3v) is 1.89. The predicted octanol–water partition coefficient (Wildman–Crippen LogP) is 1.68. The molecule has 1 rings (SSSR count). The van der Waals surface area contributed by atoms with E-state index < -0.39 is 0 Å². The van der Waals surface area contributed by atoms with Crippen molar-refractivity contribution in [1.82, 2.24) is 0 Å². The first-order valence-corrected chi connectivity index (χ1v) is 4.07. The zero-order chi connectivity index (χ0) is 9.84. The van der Waals surface area contributed by atoms with Gasteiger partial charge < -0.3 is 10.5 Å². The summed E-state index contributed by atoms with van der Waals surface area (Å²) in [7, 11) is 1.50. The number of ether oxygens (including phenoxy) is 1. The molecule has 0 aliphatic rings. The molecule has 1 aromatic carbocycles. The van der Waals surface area contributed by atoms with Crippen LogP contribution in [0.3, 0.4) is 0 Å². The van der Waals surface area contributed by atoms with Crippen molar-refractivity contribution in [1.29, 1.82) is 5.26 Å². The molecule has 0 spiro atoms. The van der Waals surface area contributed by atoms with E-state index in [9.17, 15) is 0 Å². The fourth-order valence-corrected chi connectivity index (χ4v) is 1.37. The van der Waals surface area contributed by atoms with Gasteiger partial charge in [-0.25, -0.2) is 0 Å². The summed E-state index contributed by atoms with van der Waals surface area (Å²) in [6, 6.07) is 5.25. The lowest BCUT2D eigenvalue weighted by Crippen LogP contribution is -2.01. The smallest absolute Gasteiger partial charge is 0.141 e. The standard InChI is InChI=1S/C9H9ClN2O/c1-13-9-6(4-11)2-8(10)3-7(9)5-12/h2-3H,4,11H2,1H3. The highest BCUT2D eigenvalue weighted by Crippen LogP contribution is 2.27. The van der Waals surface area contributed by atoms with Crippen molar-refractivity contribution in [3.8, 4) is 11.8 Å². The molecule has 0 aromatic heterocycles. The first kappa shape index (κ1) is 9.85. The molecule has 0 aliphatic carbocycles. The number of methoxy groups -OCH3 is 1. The Morgan fingerprint density at radius 3 is 2.77 bits per heavy atom. The summed E-state index contributed by atoms with van der Waals surface area (Å²) in [4.78, 5) is 0. The van der Waals surface area contributed by atoms with E-state index in [1.165, 1.54) is 7.11 Å². The number of hydrogen-bond acceptors (Lipinski definition) is 3. The van der Waals surface area contributed by atoms with Gasteiger partial charge in [0.2, 0.25) is 0 Å². The third kappa shape index (κ3) is 1.92. The Balaban J connectivity index is 3.36. The number of benzene rings is 1. The molecule has 0 amide bonds. The lowest BCUT2D eigenvalue weighted by atomic mass is 10.1. The molecule has 3 nitrogen and oxygen atoms in total. The fraction of sp³-hybridized carbons (Fsp3) is 0.222. The Bertz CT molecular complexity index is 357. The molecule has 13 heavy (non-hydrogen) atoms. The van der Waals surface area contributed by atoms with E-state index in [0.29, 0.717) is 22.9 Å². The van der Waals surface area contributed by atoms with Crippen LogP contribution in [0.15, 0.2) is 12.1 Å². The maximum atomic E-state index is 8.76. The average Bonchev–Trinajstić information content (AvgIpc) is 2.16. The maximum absolute atomic E-state index is 8.76. The van der Waals surface area contributed by atoms with Gasteiger partial charge in [-0.05, 0) is 12.1 Å². The third-order valence-electron chi connectivity index (χ3n) is 1.68. The van der Waals surface area contributed by atoms with E-state index in [0.717, 1.165) is 5.56 Å². The molecule has 0 bridgehead atoms. The van der Waals surface area contributed by atoms with Gasteiger partial charge in [0, 0.05) is 17.1 Å². The molecule has 0 unspecified atom stereocenters. The molecule has 0 fully saturated rings. The largest absolute Gasteiger partial charge is 0.495 e. The molecule has 0 heterocycles. The van der Waals surface area contributed by atoms with Gasteiger partial charge >= 0.3 is 0 Å². The molecule has 0 aliphatic heterocycles. The number of halogens is 1. The number of nitrogens with zero attached hydrogens (tertiary/aromatic N) is 1. The summed E-state index contributed by atoms with van der Waals surface area (Å²) < 4.78 is 5.05. The first-order valence-electron chi connectivity index (χ1n) is 3.69. The monoisotopic (exact) mass is 196 g/mol. The van der Waals surface area contributed by atoms with E-state index in [2.05, 4.69) is 0 Å². The van der Waals surface area contributed by atoms with E-state index in [-0.39, 0.29) is 0 Å². The van der Waals surface area contributed by atoms with Gasteiger partial charge in [0.05, 0.1) is 12.7 Å². The van der Waals surface area contributed by atoms with Crippen LogP contribution in [0.5, 0.6) is 5.75 Å². The Labute approximate surface area is 81.7 Å². The fourth-order valence-electron chi connectivity index (χ4n) is 1.13. The minimum Gasteiger partial charge on any atom is -0.495 e. The molecule has 0 saturated heterocycles. The number of nitriles is 1.